The van der Waals surface area contributed by atoms with Gasteiger partial charge in [0.25, 0.3) is 0 Å². The van der Waals surface area contributed by atoms with Crippen LogP contribution in [0, 0.1) is 13.8 Å². The summed E-state index contributed by atoms with van der Waals surface area (Å²) in [7, 11) is 0. The molecule has 0 aliphatic heterocycles. The standard InChI is InChI=1S/C74H73N3/c1-7-17-56-23-13-29-71(47-56)75(69-27-11-21-54(5)45-69)66-39-33-60(34-40-66)63-51-64(61-35-41-67(42-36-61)76(70-28-12-22-55(6)46-70)72-30-14-24-57(48-72)18-8-2)53-65(52-63)62-37-43-68(44-38-62)77(73-31-15-25-58(49-73)19-9-3)74-32-16-26-59(50-74)20-10-4/h11-16,21-53H,7-10,17-20H2,1-6H3. The average molecular weight is 1000 g/mol. The van der Waals surface area contributed by atoms with E-state index in [1.54, 1.807) is 0 Å². The predicted octanol–water partition coefficient (Wildman–Crippen LogP) is 21.5. The van der Waals surface area contributed by atoms with Crippen LogP contribution in [0.5, 0.6) is 0 Å². The SMILES string of the molecule is CCCc1cccc(N(c2ccc(-c3cc(-c4ccc(N(c5cccc(C)c5)c5cccc(CCC)c5)cc4)cc(-c4ccc(N(c5cccc(CCC)c5)c5cccc(CCC)c5)cc4)c3)cc2)c2cccc(C)c2)c1. The molecule has 0 spiro atoms. The van der Waals surface area contributed by atoms with E-state index in [4.69, 9.17) is 0 Å². The predicted molar refractivity (Wildman–Crippen MR) is 332 cm³/mol. The minimum absolute atomic E-state index is 1.05. The Balaban J connectivity index is 1.07. The Hall–Kier alpha value is -8.40. The highest BCUT2D eigenvalue weighted by atomic mass is 15.2. The van der Waals surface area contributed by atoms with Crippen LogP contribution in [0.2, 0.25) is 0 Å². The van der Waals surface area contributed by atoms with Crippen molar-refractivity contribution in [2.75, 3.05) is 14.7 Å². The fraction of sp³-hybridized carbons (Fsp3) is 0.189. The molecule has 0 aliphatic carbocycles. The van der Waals surface area contributed by atoms with Gasteiger partial charge < -0.3 is 14.7 Å². The summed E-state index contributed by atoms with van der Waals surface area (Å²) in [6, 6.07) is 88.5. The van der Waals surface area contributed by atoms with E-state index in [0.717, 1.165) is 90.9 Å². The van der Waals surface area contributed by atoms with Crippen molar-refractivity contribution in [3.8, 4) is 33.4 Å². The lowest BCUT2D eigenvalue weighted by molar-refractivity contribution is 0.919. The van der Waals surface area contributed by atoms with Crippen molar-refractivity contribution in [3.05, 3.63) is 270 Å². The van der Waals surface area contributed by atoms with Crippen molar-refractivity contribution in [3.63, 3.8) is 0 Å². The number of anilines is 9. The molecule has 0 aromatic heterocycles. The third-order valence-electron chi connectivity index (χ3n) is 14.7. The van der Waals surface area contributed by atoms with Crippen molar-refractivity contribution in [2.45, 2.75) is 92.9 Å². The van der Waals surface area contributed by atoms with E-state index in [1.165, 1.54) is 78.4 Å². The van der Waals surface area contributed by atoms with Crippen LogP contribution in [0.4, 0.5) is 51.2 Å². The van der Waals surface area contributed by atoms with E-state index < -0.39 is 0 Å². The lowest BCUT2D eigenvalue weighted by Crippen LogP contribution is -2.10. The number of hydrogen-bond acceptors (Lipinski definition) is 3. The number of nitrogens with zero attached hydrogens (tertiary/aromatic N) is 3. The first-order chi connectivity index (χ1) is 37.8. The van der Waals surface area contributed by atoms with E-state index in [-0.39, 0.29) is 0 Å². The number of benzene rings is 10. The smallest absolute Gasteiger partial charge is 0.0464 e. The monoisotopic (exact) mass is 1000 g/mol. The molecule has 0 atom stereocenters. The number of aryl methyl sites for hydroxylation is 6. The molecule has 0 fully saturated rings. The molecule has 0 saturated carbocycles. The van der Waals surface area contributed by atoms with Gasteiger partial charge in [0.15, 0.2) is 0 Å². The van der Waals surface area contributed by atoms with E-state index in [2.05, 4.69) is 293 Å². The van der Waals surface area contributed by atoms with Gasteiger partial charge >= 0.3 is 0 Å². The zero-order valence-electron chi connectivity index (χ0n) is 46.0. The summed E-state index contributed by atoms with van der Waals surface area (Å²) in [4.78, 5) is 7.21. The van der Waals surface area contributed by atoms with E-state index in [1.807, 2.05) is 0 Å². The summed E-state index contributed by atoms with van der Waals surface area (Å²) >= 11 is 0. The van der Waals surface area contributed by atoms with Crippen LogP contribution in [-0.4, -0.2) is 0 Å². The molecule has 10 rings (SSSR count). The van der Waals surface area contributed by atoms with Crippen LogP contribution in [0.15, 0.2) is 237 Å². The third kappa shape index (κ3) is 12.3. The maximum atomic E-state index is 2.42. The molecule has 0 aliphatic rings. The number of hydrogen-bond donors (Lipinski definition) is 0. The molecule has 0 N–H and O–H groups in total. The van der Waals surface area contributed by atoms with Crippen molar-refractivity contribution in [1.29, 1.82) is 0 Å². The summed E-state index contributed by atoms with van der Waals surface area (Å²) in [5, 5.41) is 0. The van der Waals surface area contributed by atoms with E-state index in [0.29, 0.717) is 0 Å². The molecule has 384 valence electrons. The van der Waals surface area contributed by atoms with Crippen molar-refractivity contribution >= 4 is 51.2 Å². The van der Waals surface area contributed by atoms with Crippen molar-refractivity contribution in [2.24, 2.45) is 0 Å². The Morgan fingerprint density at radius 3 is 0.688 bits per heavy atom. The Morgan fingerprint density at radius 1 is 0.221 bits per heavy atom. The first-order valence-corrected chi connectivity index (χ1v) is 28.1. The van der Waals surface area contributed by atoms with Gasteiger partial charge in [-0.25, -0.2) is 0 Å². The zero-order chi connectivity index (χ0) is 53.1. The largest absolute Gasteiger partial charge is 0.310 e. The molecule has 3 nitrogen and oxygen atoms in total. The Morgan fingerprint density at radius 2 is 0.455 bits per heavy atom. The van der Waals surface area contributed by atoms with E-state index >= 15 is 0 Å². The summed E-state index contributed by atoms with van der Waals surface area (Å²) in [6.07, 6.45) is 8.64. The molecule has 10 aromatic carbocycles. The molecule has 3 heteroatoms. The van der Waals surface area contributed by atoms with Crippen LogP contribution in [0.25, 0.3) is 33.4 Å². The highest BCUT2D eigenvalue weighted by molar-refractivity contribution is 5.86. The second kappa shape index (κ2) is 24.5. The molecule has 0 bridgehead atoms. The molecule has 10 aromatic rings. The van der Waals surface area contributed by atoms with Crippen molar-refractivity contribution in [1.82, 2.24) is 0 Å². The third-order valence-corrected chi connectivity index (χ3v) is 14.7. The van der Waals surface area contributed by atoms with Gasteiger partial charge in [0, 0.05) is 51.2 Å². The first-order valence-electron chi connectivity index (χ1n) is 28.1. The van der Waals surface area contributed by atoms with Crippen LogP contribution < -0.4 is 14.7 Å². The zero-order valence-corrected chi connectivity index (χ0v) is 46.0. The topological polar surface area (TPSA) is 9.72 Å². The minimum Gasteiger partial charge on any atom is -0.310 e. The molecule has 0 amide bonds. The molecular weight excluding hydrogens is 931 g/mol. The van der Waals surface area contributed by atoms with Gasteiger partial charge in [-0.05, 0) is 234 Å². The molecule has 0 heterocycles. The van der Waals surface area contributed by atoms with Gasteiger partial charge in [0.1, 0.15) is 0 Å². The minimum atomic E-state index is 1.05. The second-order valence-electron chi connectivity index (χ2n) is 20.8. The number of rotatable bonds is 20. The fourth-order valence-corrected chi connectivity index (χ4v) is 11.0. The normalized spacial score (nSPS) is 11.1. The van der Waals surface area contributed by atoms with Crippen LogP contribution in [0.1, 0.15) is 86.8 Å². The maximum Gasteiger partial charge on any atom is 0.0464 e. The highest BCUT2D eigenvalue weighted by Gasteiger charge is 2.19. The first kappa shape index (κ1) is 52.1. The molecule has 0 saturated heterocycles. The maximum absolute atomic E-state index is 2.42. The summed E-state index contributed by atoms with van der Waals surface area (Å²) in [6.45, 7) is 13.4. The van der Waals surface area contributed by atoms with Crippen LogP contribution >= 0.6 is 0 Å². The molecular formula is C74H73N3. The van der Waals surface area contributed by atoms with E-state index in [9.17, 15) is 0 Å². The summed E-state index contributed by atoms with van der Waals surface area (Å²) in [5.41, 5.74) is 25.3. The van der Waals surface area contributed by atoms with Gasteiger partial charge in [-0.3, -0.25) is 0 Å². The average Bonchev–Trinajstić information content (AvgIpc) is 3.47. The molecule has 0 unspecified atom stereocenters. The van der Waals surface area contributed by atoms with Gasteiger partial charge in [-0.15, -0.1) is 0 Å². The Kier molecular flexibility index (Phi) is 16.6. The van der Waals surface area contributed by atoms with Gasteiger partial charge in [-0.2, -0.15) is 0 Å². The highest BCUT2D eigenvalue weighted by Crippen LogP contribution is 2.42. The lowest BCUT2D eigenvalue weighted by Gasteiger charge is -2.27. The quantitative estimate of drug-likeness (QED) is 0.0753. The van der Waals surface area contributed by atoms with Crippen molar-refractivity contribution < 1.29 is 0 Å². The summed E-state index contributed by atoms with van der Waals surface area (Å²) < 4.78 is 0. The van der Waals surface area contributed by atoms with Crippen LogP contribution in [0.3, 0.4) is 0 Å². The Labute approximate surface area is 459 Å². The molecule has 77 heavy (non-hydrogen) atoms. The van der Waals surface area contributed by atoms with Gasteiger partial charge in [-0.1, -0.05) is 163 Å². The fourth-order valence-electron chi connectivity index (χ4n) is 11.0. The van der Waals surface area contributed by atoms with Crippen LogP contribution in [-0.2, 0) is 25.7 Å². The van der Waals surface area contributed by atoms with Gasteiger partial charge in [0.05, 0.1) is 0 Å². The second-order valence-corrected chi connectivity index (χ2v) is 20.8. The Bertz CT molecular complexity index is 3340. The lowest BCUT2D eigenvalue weighted by atomic mass is 9.93. The van der Waals surface area contributed by atoms with Gasteiger partial charge in [0.2, 0.25) is 0 Å². The molecule has 0 radical (unpaired) electrons. The summed E-state index contributed by atoms with van der Waals surface area (Å²) in [5.74, 6) is 0.